The van der Waals surface area contributed by atoms with Gasteiger partial charge in [0.05, 0.1) is 12.2 Å². The molecule has 0 aliphatic heterocycles. The Morgan fingerprint density at radius 3 is 2.71 bits per heavy atom. The SMILES string of the molecule is CCN(CC(=O)NC)c1ccc(C=O)cc1F. The molecule has 92 valence electrons. The van der Waals surface area contributed by atoms with Gasteiger partial charge < -0.3 is 10.2 Å². The van der Waals surface area contributed by atoms with E-state index in [2.05, 4.69) is 5.32 Å². The van der Waals surface area contributed by atoms with Gasteiger partial charge in [0.15, 0.2) is 0 Å². The predicted molar refractivity (Wildman–Crippen MR) is 63.7 cm³/mol. The van der Waals surface area contributed by atoms with Gasteiger partial charge in [-0.05, 0) is 25.1 Å². The average molecular weight is 238 g/mol. The van der Waals surface area contributed by atoms with Crippen LogP contribution >= 0.6 is 0 Å². The molecule has 0 saturated carbocycles. The fraction of sp³-hybridized carbons (Fsp3) is 0.333. The Bertz CT molecular complexity index is 421. The van der Waals surface area contributed by atoms with Crippen molar-refractivity contribution in [3.8, 4) is 0 Å². The molecule has 5 heteroatoms. The van der Waals surface area contributed by atoms with Gasteiger partial charge in [0.25, 0.3) is 0 Å². The molecule has 0 saturated heterocycles. The number of halogens is 1. The van der Waals surface area contributed by atoms with Crippen molar-refractivity contribution in [2.75, 3.05) is 25.0 Å². The number of anilines is 1. The minimum atomic E-state index is -0.500. The van der Waals surface area contributed by atoms with Crippen LogP contribution in [0.3, 0.4) is 0 Å². The zero-order chi connectivity index (χ0) is 12.8. The van der Waals surface area contributed by atoms with Crippen molar-refractivity contribution in [1.82, 2.24) is 5.32 Å². The molecule has 1 N–H and O–H groups in total. The Hall–Kier alpha value is -1.91. The number of nitrogens with one attached hydrogen (secondary N) is 1. The monoisotopic (exact) mass is 238 g/mol. The summed E-state index contributed by atoms with van der Waals surface area (Å²) in [5.74, 6) is -0.689. The molecular formula is C12H15FN2O2. The van der Waals surface area contributed by atoms with E-state index in [4.69, 9.17) is 0 Å². The second-order valence-electron chi connectivity index (χ2n) is 3.52. The number of likely N-dealkylation sites (N-methyl/N-ethyl adjacent to an activating group) is 2. The van der Waals surface area contributed by atoms with Crippen LogP contribution in [-0.4, -0.2) is 32.3 Å². The highest BCUT2D eigenvalue weighted by Crippen LogP contribution is 2.19. The van der Waals surface area contributed by atoms with E-state index in [1.807, 2.05) is 6.92 Å². The summed E-state index contributed by atoms with van der Waals surface area (Å²) in [4.78, 5) is 23.3. The van der Waals surface area contributed by atoms with E-state index in [9.17, 15) is 14.0 Å². The Morgan fingerprint density at radius 2 is 2.24 bits per heavy atom. The van der Waals surface area contributed by atoms with E-state index in [0.717, 1.165) is 6.07 Å². The Labute approximate surface area is 99.4 Å². The summed E-state index contributed by atoms with van der Waals surface area (Å²) in [6.07, 6.45) is 0.585. The van der Waals surface area contributed by atoms with Gasteiger partial charge in [0.2, 0.25) is 5.91 Å². The average Bonchev–Trinajstić information content (AvgIpc) is 2.35. The molecule has 1 amide bonds. The normalized spacial score (nSPS) is 9.82. The van der Waals surface area contributed by atoms with Gasteiger partial charge in [-0.25, -0.2) is 4.39 Å². The summed E-state index contributed by atoms with van der Waals surface area (Å²) in [7, 11) is 1.53. The molecule has 0 fully saturated rings. The first kappa shape index (κ1) is 13.2. The zero-order valence-corrected chi connectivity index (χ0v) is 9.87. The van der Waals surface area contributed by atoms with Gasteiger partial charge >= 0.3 is 0 Å². The number of amides is 1. The third kappa shape index (κ3) is 3.27. The molecule has 0 aliphatic carbocycles. The second-order valence-corrected chi connectivity index (χ2v) is 3.52. The van der Waals surface area contributed by atoms with Crippen LogP contribution in [0.2, 0.25) is 0 Å². The number of benzene rings is 1. The molecule has 0 atom stereocenters. The lowest BCUT2D eigenvalue weighted by molar-refractivity contribution is -0.119. The topological polar surface area (TPSA) is 49.4 Å². The number of aldehydes is 1. The number of nitrogens with zero attached hydrogens (tertiary/aromatic N) is 1. The van der Waals surface area contributed by atoms with Crippen LogP contribution in [0.25, 0.3) is 0 Å². The fourth-order valence-corrected chi connectivity index (χ4v) is 1.47. The molecule has 0 aliphatic rings. The lowest BCUT2D eigenvalue weighted by atomic mass is 10.2. The molecule has 1 rings (SSSR count). The van der Waals surface area contributed by atoms with Gasteiger partial charge in [-0.15, -0.1) is 0 Å². The van der Waals surface area contributed by atoms with Crippen LogP contribution in [0.1, 0.15) is 17.3 Å². The Kier molecular flexibility index (Phi) is 4.63. The van der Waals surface area contributed by atoms with Crippen LogP contribution in [0.5, 0.6) is 0 Å². The van der Waals surface area contributed by atoms with Crippen molar-refractivity contribution < 1.29 is 14.0 Å². The molecule has 4 nitrogen and oxygen atoms in total. The van der Waals surface area contributed by atoms with Crippen LogP contribution in [0, 0.1) is 5.82 Å². The molecule has 0 heterocycles. The second kappa shape index (κ2) is 5.98. The summed E-state index contributed by atoms with van der Waals surface area (Å²) < 4.78 is 13.7. The summed E-state index contributed by atoms with van der Waals surface area (Å²) in [5, 5.41) is 2.48. The molecule has 0 spiro atoms. The first-order valence-electron chi connectivity index (χ1n) is 5.32. The van der Waals surface area contributed by atoms with E-state index >= 15 is 0 Å². The first-order chi connectivity index (χ1) is 8.12. The van der Waals surface area contributed by atoms with E-state index in [-0.39, 0.29) is 18.0 Å². The summed E-state index contributed by atoms with van der Waals surface area (Å²) in [6.45, 7) is 2.42. The van der Waals surface area contributed by atoms with Crippen LogP contribution in [0.4, 0.5) is 10.1 Å². The van der Waals surface area contributed by atoms with Crippen molar-refractivity contribution in [2.24, 2.45) is 0 Å². The Balaban J connectivity index is 2.95. The van der Waals surface area contributed by atoms with Gasteiger partial charge in [0.1, 0.15) is 12.1 Å². The Morgan fingerprint density at radius 1 is 1.53 bits per heavy atom. The van der Waals surface area contributed by atoms with Crippen LogP contribution in [0.15, 0.2) is 18.2 Å². The number of rotatable bonds is 5. The smallest absolute Gasteiger partial charge is 0.239 e. The van der Waals surface area contributed by atoms with Crippen molar-refractivity contribution >= 4 is 17.9 Å². The number of carbonyl (C=O) groups excluding carboxylic acids is 2. The lowest BCUT2D eigenvalue weighted by Crippen LogP contribution is -2.36. The van der Waals surface area contributed by atoms with Gasteiger partial charge in [-0.3, -0.25) is 9.59 Å². The van der Waals surface area contributed by atoms with E-state index < -0.39 is 5.82 Å². The standard InChI is InChI=1S/C12H15FN2O2/c1-3-15(7-12(17)14-2)11-5-4-9(8-16)6-10(11)13/h4-6,8H,3,7H2,1-2H3,(H,14,17). The third-order valence-electron chi connectivity index (χ3n) is 2.44. The molecule has 0 bridgehead atoms. The van der Waals surface area contributed by atoms with E-state index in [0.29, 0.717) is 18.5 Å². The highest BCUT2D eigenvalue weighted by molar-refractivity contribution is 5.81. The number of hydrogen-bond acceptors (Lipinski definition) is 3. The number of hydrogen-bond donors (Lipinski definition) is 1. The maximum absolute atomic E-state index is 13.7. The summed E-state index contributed by atoms with van der Waals surface area (Å²) in [6, 6.07) is 4.19. The molecule has 0 aromatic heterocycles. The minimum absolute atomic E-state index is 0.0877. The predicted octanol–water partition coefficient (Wildman–Crippen LogP) is 1.21. The molecule has 1 aromatic carbocycles. The maximum Gasteiger partial charge on any atom is 0.239 e. The molecule has 0 radical (unpaired) electrons. The molecular weight excluding hydrogens is 223 g/mol. The summed E-state index contributed by atoms with van der Waals surface area (Å²) >= 11 is 0. The van der Waals surface area contributed by atoms with Crippen molar-refractivity contribution in [2.45, 2.75) is 6.92 Å². The van der Waals surface area contributed by atoms with Crippen LogP contribution in [-0.2, 0) is 4.79 Å². The minimum Gasteiger partial charge on any atom is -0.360 e. The van der Waals surface area contributed by atoms with Crippen molar-refractivity contribution in [1.29, 1.82) is 0 Å². The highest BCUT2D eigenvalue weighted by atomic mass is 19.1. The van der Waals surface area contributed by atoms with Gasteiger partial charge in [-0.2, -0.15) is 0 Å². The number of carbonyl (C=O) groups is 2. The van der Waals surface area contributed by atoms with Gasteiger partial charge in [0, 0.05) is 19.2 Å². The van der Waals surface area contributed by atoms with E-state index in [1.165, 1.54) is 19.2 Å². The maximum atomic E-state index is 13.7. The first-order valence-corrected chi connectivity index (χ1v) is 5.32. The van der Waals surface area contributed by atoms with Crippen molar-refractivity contribution in [3.63, 3.8) is 0 Å². The summed E-state index contributed by atoms with van der Waals surface area (Å²) in [5.41, 5.74) is 0.601. The quantitative estimate of drug-likeness (QED) is 0.784. The van der Waals surface area contributed by atoms with Gasteiger partial charge in [-0.1, -0.05) is 0 Å². The van der Waals surface area contributed by atoms with Crippen LogP contribution < -0.4 is 10.2 Å². The van der Waals surface area contributed by atoms with E-state index in [1.54, 1.807) is 4.90 Å². The molecule has 17 heavy (non-hydrogen) atoms. The highest BCUT2D eigenvalue weighted by Gasteiger charge is 2.13. The molecule has 1 aromatic rings. The lowest BCUT2D eigenvalue weighted by Gasteiger charge is -2.22. The zero-order valence-electron chi connectivity index (χ0n) is 9.87. The fourth-order valence-electron chi connectivity index (χ4n) is 1.47. The molecule has 0 unspecified atom stereocenters. The van der Waals surface area contributed by atoms with Crippen molar-refractivity contribution in [3.05, 3.63) is 29.6 Å². The largest absolute Gasteiger partial charge is 0.360 e. The third-order valence-corrected chi connectivity index (χ3v) is 2.44.